The SMILES string of the molecule is CCN(CC)C(=O)Cn1c(-c2ccccc2)cc2ccc(C)cc21. The number of likely N-dealkylation sites (N-methyl/N-ethyl adjacent to an activating group) is 1. The minimum absolute atomic E-state index is 0.163. The second-order valence-electron chi connectivity index (χ2n) is 6.11. The molecule has 0 saturated carbocycles. The molecule has 24 heavy (non-hydrogen) atoms. The van der Waals surface area contributed by atoms with E-state index in [1.807, 2.05) is 36.9 Å². The van der Waals surface area contributed by atoms with Gasteiger partial charge in [-0.1, -0.05) is 42.5 Å². The number of hydrogen-bond donors (Lipinski definition) is 0. The van der Waals surface area contributed by atoms with Gasteiger partial charge in [0.1, 0.15) is 6.54 Å². The van der Waals surface area contributed by atoms with Crippen LogP contribution in [-0.4, -0.2) is 28.5 Å². The first-order valence-electron chi connectivity index (χ1n) is 8.57. The predicted octanol–water partition coefficient (Wildman–Crippen LogP) is 4.49. The zero-order valence-corrected chi connectivity index (χ0v) is 14.6. The summed E-state index contributed by atoms with van der Waals surface area (Å²) in [7, 11) is 0. The third-order valence-electron chi connectivity index (χ3n) is 4.54. The lowest BCUT2D eigenvalue weighted by atomic mass is 10.1. The van der Waals surface area contributed by atoms with Gasteiger partial charge in [-0.2, -0.15) is 0 Å². The number of aryl methyl sites for hydroxylation is 1. The fraction of sp³-hybridized carbons (Fsp3) is 0.286. The first-order valence-corrected chi connectivity index (χ1v) is 8.57. The van der Waals surface area contributed by atoms with Crippen molar-refractivity contribution in [3.8, 4) is 11.3 Å². The molecule has 0 saturated heterocycles. The number of nitrogens with zero attached hydrogens (tertiary/aromatic N) is 2. The van der Waals surface area contributed by atoms with Gasteiger partial charge in [0.2, 0.25) is 5.91 Å². The van der Waals surface area contributed by atoms with Gasteiger partial charge >= 0.3 is 0 Å². The average molecular weight is 320 g/mol. The van der Waals surface area contributed by atoms with Gasteiger partial charge in [-0.15, -0.1) is 0 Å². The highest BCUT2D eigenvalue weighted by Gasteiger charge is 2.16. The molecule has 1 amide bonds. The smallest absolute Gasteiger partial charge is 0.242 e. The van der Waals surface area contributed by atoms with E-state index in [2.05, 4.69) is 47.9 Å². The lowest BCUT2D eigenvalue weighted by molar-refractivity contribution is -0.131. The van der Waals surface area contributed by atoms with Crippen LogP contribution >= 0.6 is 0 Å². The summed E-state index contributed by atoms with van der Waals surface area (Å²) in [4.78, 5) is 14.6. The molecular formula is C21H24N2O. The van der Waals surface area contributed by atoms with Crippen LogP contribution in [0.4, 0.5) is 0 Å². The summed E-state index contributed by atoms with van der Waals surface area (Å²) in [6, 6.07) is 18.9. The maximum absolute atomic E-state index is 12.7. The highest BCUT2D eigenvalue weighted by Crippen LogP contribution is 2.29. The van der Waals surface area contributed by atoms with E-state index in [0.717, 1.165) is 29.9 Å². The Morgan fingerprint density at radius 2 is 1.71 bits per heavy atom. The quantitative estimate of drug-likeness (QED) is 0.680. The van der Waals surface area contributed by atoms with Crippen molar-refractivity contribution in [2.24, 2.45) is 0 Å². The van der Waals surface area contributed by atoms with Gasteiger partial charge in [-0.25, -0.2) is 0 Å². The Bertz CT molecular complexity index is 845. The largest absolute Gasteiger partial charge is 0.342 e. The summed E-state index contributed by atoms with van der Waals surface area (Å²) >= 11 is 0. The third-order valence-corrected chi connectivity index (χ3v) is 4.54. The summed E-state index contributed by atoms with van der Waals surface area (Å²) in [6.07, 6.45) is 0. The molecule has 0 N–H and O–H groups in total. The highest BCUT2D eigenvalue weighted by molar-refractivity contribution is 5.89. The molecule has 0 aliphatic carbocycles. The van der Waals surface area contributed by atoms with E-state index >= 15 is 0 Å². The van der Waals surface area contributed by atoms with Crippen molar-refractivity contribution in [3.63, 3.8) is 0 Å². The van der Waals surface area contributed by atoms with Gasteiger partial charge in [0, 0.05) is 29.7 Å². The Balaban J connectivity index is 2.12. The van der Waals surface area contributed by atoms with E-state index in [4.69, 9.17) is 0 Å². The summed E-state index contributed by atoms with van der Waals surface area (Å²) in [5.41, 5.74) is 4.56. The molecule has 0 unspecified atom stereocenters. The van der Waals surface area contributed by atoms with Gasteiger partial charge < -0.3 is 9.47 Å². The summed E-state index contributed by atoms with van der Waals surface area (Å²) in [6.45, 7) is 8.00. The Morgan fingerprint density at radius 3 is 2.38 bits per heavy atom. The van der Waals surface area contributed by atoms with E-state index in [9.17, 15) is 4.79 Å². The van der Waals surface area contributed by atoms with Crippen molar-refractivity contribution in [1.82, 2.24) is 9.47 Å². The van der Waals surface area contributed by atoms with Crippen molar-refractivity contribution < 1.29 is 4.79 Å². The van der Waals surface area contributed by atoms with E-state index in [1.165, 1.54) is 10.9 Å². The minimum atomic E-state index is 0.163. The first-order chi connectivity index (χ1) is 11.6. The standard InChI is InChI=1S/C21H24N2O/c1-4-22(5-2)21(24)15-23-19-13-16(3)11-12-18(19)14-20(23)17-9-7-6-8-10-17/h6-14H,4-5,15H2,1-3H3. The molecule has 124 valence electrons. The average Bonchev–Trinajstić information content (AvgIpc) is 2.95. The van der Waals surface area contributed by atoms with Crippen molar-refractivity contribution in [2.45, 2.75) is 27.3 Å². The number of rotatable bonds is 5. The summed E-state index contributed by atoms with van der Waals surface area (Å²) in [5.74, 6) is 0.163. The Hall–Kier alpha value is -2.55. The molecule has 0 spiro atoms. The van der Waals surface area contributed by atoms with Crippen molar-refractivity contribution in [3.05, 3.63) is 60.2 Å². The predicted molar refractivity (Wildman–Crippen MR) is 100 cm³/mol. The van der Waals surface area contributed by atoms with Gasteiger partial charge in [-0.05, 0) is 44.0 Å². The van der Waals surface area contributed by atoms with Crippen LogP contribution in [0.3, 0.4) is 0 Å². The number of carbonyl (C=O) groups excluding carboxylic acids is 1. The highest BCUT2D eigenvalue weighted by atomic mass is 16.2. The molecule has 2 aromatic carbocycles. The van der Waals surface area contributed by atoms with Crippen molar-refractivity contribution in [1.29, 1.82) is 0 Å². The number of amides is 1. The lowest BCUT2D eigenvalue weighted by Crippen LogP contribution is -2.33. The fourth-order valence-electron chi connectivity index (χ4n) is 3.19. The van der Waals surface area contributed by atoms with Crippen LogP contribution in [0, 0.1) is 6.92 Å². The van der Waals surface area contributed by atoms with E-state index in [-0.39, 0.29) is 5.91 Å². The second-order valence-corrected chi connectivity index (χ2v) is 6.11. The third kappa shape index (κ3) is 3.07. The van der Waals surface area contributed by atoms with Crippen LogP contribution in [0.25, 0.3) is 22.2 Å². The Kier molecular flexibility index (Phi) is 4.70. The second kappa shape index (κ2) is 6.91. The summed E-state index contributed by atoms with van der Waals surface area (Å²) < 4.78 is 2.15. The van der Waals surface area contributed by atoms with Crippen LogP contribution in [0.1, 0.15) is 19.4 Å². The van der Waals surface area contributed by atoms with Gasteiger partial charge in [0.05, 0.1) is 0 Å². The van der Waals surface area contributed by atoms with Gasteiger partial charge in [0.25, 0.3) is 0 Å². The fourth-order valence-corrected chi connectivity index (χ4v) is 3.19. The lowest BCUT2D eigenvalue weighted by Gasteiger charge is -2.20. The molecule has 3 nitrogen and oxygen atoms in total. The molecule has 0 aliphatic rings. The van der Waals surface area contributed by atoms with Gasteiger partial charge in [0.15, 0.2) is 0 Å². The molecule has 0 aliphatic heterocycles. The Labute approximate surface area is 143 Å². The molecule has 3 heteroatoms. The number of benzene rings is 2. The van der Waals surface area contributed by atoms with Gasteiger partial charge in [-0.3, -0.25) is 4.79 Å². The molecule has 1 heterocycles. The maximum atomic E-state index is 12.7. The van der Waals surface area contributed by atoms with Crippen LogP contribution in [0.15, 0.2) is 54.6 Å². The van der Waals surface area contributed by atoms with Crippen LogP contribution in [0.2, 0.25) is 0 Å². The van der Waals surface area contributed by atoms with Crippen LogP contribution in [0.5, 0.6) is 0 Å². The molecule has 0 fully saturated rings. The van der Waals surface area contributed by atoms with E-state index < -0.39 is 0 Å². The van der Waals surface area contributed by atoms with Crippen molar-refractivity contribution >= 4 is 16.8 Å². The van der Waals surface area contributed by atoms with Crippen LogP contribution in [-0.2, 0) is 11.3 Å². The molecular weight excluding hydrogens is 296 g/mol. The zero-order valence-electron chi connectivity index (χ0n) is 14.6. The number of aromatic nitrogens is 1. The van der Waals surface area contributed by atoms with Crippen LogP contribution < -0.4 is 0 Å². The Morgan fingerprint density at radius 1 is 1.00 bits per heavy atom. The topological polar surface area (TPSA) is 25.2 Å². The zero-order chi connectivity index (χ0) is 17.1. The number of carbonyl (C=O) groups is 1. The molecule has 3 aromatic rings. The van der Waals surface area contributed by atoms with E-state index in [0.29, 0.717) is 6.54 Å². The molecule has 0 atom stereocenters. The first kappa shape index (κ1) is 16.3. The minimum Gasteiger partial charge on any atom is -0.342 e. The monoisotopic (exact) mass is 320 g/mol. The molecule has 3 rings (SSSR count). The molecule has 0 bridgehead atoms. The van der Waals surface area contributed by atoms with E-state index in [1.54, 1.807) is 0 Å². The van der Waals surface area contributed by atoms with Crippen molar-refractivity contribution in [2.75, 3.05) is 13.1 Å². The summed E-state index contributed by atoms with van der Waals surface area (Å²) in [5, 5.41) is 1.17. The maximum Gasteiger partial charge on any atom is 0.242 e. The normalized spacial score (nSPS) is 11.0. The molecule has 1 aromatic heterocycles. The number of hydrogen-bond acceptors (Lipinski definition) is 1. The molecule has 0 radical (unpaired) electrons. The number of fused-ring (bicyclic) bond motifs is 1.